The van der Waals surface area contributed by atoms with Gasteiger partial charge in [-0.1, -0.05) is 17.4 Å². The molecule has 2 N–H and O–H groups in total. The molecule has 0 saturated carbocycles. The Hall–Kier alpha value is -2.74. The maximum absolute atomic E-state index is 11.0. The van der Waals surface area contributed by atoms with Gasteiger partial charge in [0.25, 0.3) is 0 Å². The van der Waals surface area contributed by atoms with Crippen molar-refractivity contribution < 1.29 is 9.90 Å². The van der Waals surface area contributed by atoms with E-state index >= 15 is 0 Å². The second kappa shape index (κ2) is 5.72. The molecule has 0 saturated heterocycles. The molecule has 0 spiro atoms. The van der Waals surface area contributed by atoms with Gasteiger partial charge in [0.05, 0.1) is 0 Å². The third-order valence-corrected chi connectivity index (χ3v) is 5.02. The third-order valence-electron chi connectivity index (χ3n) is 4.13. The number of hydrogen-bond donors (Lipinski definition) is 2. The van der Waals surface area contributed by atoms with Crippen LogP contribution in [0.3, 0.4) is 0 Å². The van der Waals surface area contributed by atoms with E-state index in [-0.39, 0.29) is 0 Å². The number of hydrogen-bond acceptors (Lipinski definition) is 5. The van der Waals surface area contributed by atoms with Crippen LogP contribution in [0, 0.1) is 6.92 Å². The van der Waals surface area contributed by atoms with Crippen LogP contribution in [0.1, 0.15) is 17.0 Å². The van der Waals surface area contributed by atoms with Gasteiger partial charge in [-0.3, -0.25) is 0 Å². The molecule has 8 heteroatoms. The minimum Gasteiger partial charge on any atom is -0.465 e. The lowest BCUT2D eigenvalue weighted by atomic mass is 9.99. The molecule has 4 rings (SSSR count). The second-order valence-electron chi connectivity index (χ2n) is 5.66. The van der Waals surface area contributed by atoms with E-state index in [1.165, 1.54) is 16.2 Å². The van der Waals surface area contributed by atoms with Crippen molar-refractivity contribution in [2.24, 2.45) is 0 Å². The number of amides is 1. The zero-order valence-electron chi connectivity index (χ0n) is 13.0. The summed E-state index contributed by atoms with van der Waals surface area (Å²) >= 11 is 1.54. The molecule has 1 aliphatic rings. The average Bonchev–Trinajstić information content (AvgIpc) is 3.20. The first-order valence-corrected chi connectivity index (χ1v) is 8.38. The number of aromatic nitrogens is 4. The Bertz CT molecular complexity index is 958. The Kier molecular flexibility index (Phi) is 3.53. The average molecular weight is 341 g/mol. The highest BCUT2D eigenvalue weighted by atomic mass is 32.1. The number of rotatable bonds is 2. The molecule has 0 aromatic carbocycles. The summed E-state index contributed by atoms with van der Waals surface area (Å²) < 4.78 is 0. The van der Waals surface area contributed by atoms with Crippen molar-refractivity contribution in [2.45, 2.75) is 13.3 Å². The molecule has 0 aliphatic carbocycles. The van der Waals surface area contributed by atoms with Crippen molar-refractivity contribution in [2.75, 3.05) is 13.1 Å². The number of aryl methyl sites for hydroxylation is 1. The van der Waals surface area contributed by atoms with E-state index < -0.39 is 6.09 Å². The van der Waals surface area contributed by atoms with Gasteiger partial charge in [-0.25, -0.2) is 9.78 Å². The van der Waals surface area contributed by atoms with Gasteiger partial charge in [0.2, 0.25) is 0 Å². The van der Waals surface area contributed by atoms with Crippen LogP contribution < -0.4 is 0 Å². The van der Waals surface area contributed by atoms with Crippen LogP contribution in [0.25, 0.3) is 27.2 Å². The molecule has 0 atom stereocenters. The molecule has 4 heterocycles. The number of H-pyrrole nitrogens is 1. The van der Waals surface area contributed by atoms with Crippen molar-refractivity contribution in [3.8, 4) is 10.6 Å². The number of nitrogens with one attached hydrogen (secondary N) is 1. The predicted molar refractivity (Wildman–Crippen MR) is 91.9 cm³/mol. The van der Waals surface area contributed by atoms with Crippen LogP contribution in [0.15, 0.2) is 24.5 Å². The number of carboxylic acid groups (broad SMARTS) is 1. The number of fused-ring (bicyclic) bond motifs is 1. The largest absolute Gasteiger partial charge is 0.465 e. The SMILES string of the molecule is Cc1nnc(-c2cnc3[nH]cc(C4=CCN(C(=O)O)CC4)c3c2)s1. The molecule has 0 radical (unpaired) electrons. The van der Waals surface area contributed by atoms with E-state index in [9.17, 15) is 4.79 Å². The van der Waals surface area contributed by atoms with E-state index in [1.54, 1.807) is 6.20 Å². The highest BCUT2D eigenvalue weighted by Gasteiger charge is 2.19. The van der Waals surface area contributed by atoms with Gasteiger partial charge in [-0.05, 0) is 25.0 Å². The van der Waals surface area contributed by atoms with Crippen molar-refractivity contribution in [1.29, 1.82) is 0 Å². The Morgan fingerprint density at radius 1 is 1.42 bits per heavy atom. The lowest BCUT2D eigenvalue weighted by molar-refractivity contribution is 0.150. The summed E-state index contributed by atoms with van der Waals surface area (Å²) in [6.07, 6.45) is 5.53. The lowest BCUT2D eigenvalue weighted by Gasteiger charge is -2.23. The Balaban J connectivity index is 1.73. The summed E-state index contributed by atoms with van der Waals surface area (Å²) in [4.78, 5) is 20.1. The first-order chi connectivity index (χ1) is 11.6. The molecule has 1 amide bonds. The highest BCUT2D eigenvalue weighted by Crippen LogP contribution is 2.32. The summed E-state index contributed by atoms with van der Waals surface area (Å²) in [7, 11) is 0. The molecule has 7 nitrogen and oxygen atoms in total. The van der Waals surface area contributed by atoms with Gasteiger partial charge in [0.15, 0.2) is 0 Å². The Labute approximate surface area is 141 Å². The summed E-state index contributed by atoms with van der Waals surface area (Å²) in [6.45, 7) is 2.85. The number of aromatic amines is 1. The molecule has 122 valence electrons. The van der Waals surface area contributed by atoms with Crippen LogP contribution in [-0.4, -0.2) is 49.4 Å². The van der Waals surface area contributed by atoms with Crippen molar-refractivity contribution >= 4 is 34.0 Å². The van der Waals surface area contributed by atoms with E-state index in [0.717, 1.165) is 37.7 Å². The Morgan fingerprint density at radius 2 is 2.29 bits per heavy atom. The van der Waals surface area contributed by atoms with Gasteiger partial charge in [0.1, 0.15) is 15.7 Å². The van der Waals surface area contributed by atoms with Crippen LogP contribution in [0.5, 0.6) is 0 Å². The van der Waals surface area contributed by atoms with E-state index in [0.29, 0.717) is 19.5 Å². The molecule has 0 unspecified atom stereocenters. The first-order valence-electron chi connectivity index (χ1n) is 7.56. The fourth-order valence-electron chi connectivity index (χ4n) is 2.89. The molecule has 3 aromatic rings. The van der Waals surface area contributed by atoms with Crippen LogP contribution in [0.4, 0.5) is 4.79 Å². The second-order valence-corrected chi connectivity index (χ2v) is 6.84. The number of pyridine rings is 1. The first kappa shape index (κ1) is 14.8. The van der Waals surface area contributed by atoms with Crippen molar-refractivity contribution in [1.82, 2.24) is 25.1 Å². The maximum atomic E-state index is 11.0. The van der Waals surface area contributed by atoms with Crippen molar-refractivity contribution in [3.05, 3.63) is 35.1 Å². The molecule has 1 aliphatic heterocycles. The minimum absolute atomic E-state index is 0.417. The fraction of sp³-hybridized carbons (Fsp3) is 0.250. The third kappa shape index (κ3) is 2.54. The highest BCUT2D eigenvalue weighted by molar-refractivity contribution is 7.14. The van der Waals surface area contributed by atoms with Gasteiger partial charge < -0.3 is 15.0 Å². The van der Waals surface area contributed by atoms with Crippen LogP contribution in [-0.2, 0) is 0 Å². The Morgan fingerprint density at radius 3 is 2.96 bits per heavy atom. The molecular weight excluding hydrogens is 326 g/mol. The monoisotopic (exact) mass is 341 g/mol. The standard InChI is InChI=1S/C16H15N5O2S/c1-9-19-20-15(24-9)11-6-12-13(8-18-14(12)17-7-11)10-2-4-21(5-3-10)16(22)23/h2,6-8H,3-5H2,1H3,(H,17,18)(H,22,23). The quantitative estimate of drug-likeness (QED) is 0.746. The van der Waals surface area contributed by atoms with E-state index in [2.05, 4.69) is 26.2 Å². The summed E-state index contributed by atoms with van der Waals surface area (Å²) in [5.74, 6) is 0. The van der Waals surface area contributed by atoms with E-state index in [1.807, 2.05) is 19.2 Å². The van der Waals surface area contributed by atoms with Gasteiger partial charge in [-0.15, -0.1) is 10.2 Å². The van der Waals surface area contributed by atoms with Crippen molar-refractivity contribution in [3.63, 3.8) is 0 Å². The van der Waals surface area contributed by atoms with Crippen LogP contribution >= 0.6 is 11.3 Å². The predicted octanol–water partition coefficient (Wildman–Crippen LogP) is 3.16. The summed E-state index contributed by atoms with van der Waals surface area (Å²) in [5, 5.41) is 20.1. The molecule has 0 fully saturated rings. The molecule has 3 aromatic heterocycles. The minimum atomic E-state index is -0.875. The smallest absolute Gasteiger partial charge is 0.407 e. The van der Waals surface area contributed by atoms with Crippen LogP contribution in [0.2, 0.25) is 0 Å². The summed E-state index contributed by atoms with van der Waals surface area (Å²) in [6, 6.07) is 2.07. The number of carbonyl (C=O) groups is 1. The van der Waals surface area contributed by atoms with Gasteiger partial charge in [0, 0.05) is 42.0 Å². The van der Waals surface area contributed by atoms with Gasteiger partial charge >= 0.3 is 6.09 Å². The topological polar surface area (TPSA) is 95.0 Å². The fourth-order valence-corrected chi connectivity index (χ4v) is 3.56. The van der Waals surface area contributed by atoms with E-state index in [4.69, 9.17) is 5.11 Å². The summed E-state index contributed by atoms with van der Waals surface area (Å²) in [5.41, 5.74) is 3.98. The lowest BCUT2D eigenvalue weighted by Crippen LogP contribution is -2.33. The molecular formula is C16H15N5O2S. The van der Waals surface area contributed by atoms with Gasteiger partial charge in [-0.2, -0.15) is 0 Å². The zero-order valence-corrected chi connectivity index (χ0v) is 13.8. The zero-order chi connectivity index (χ0) is 16.7. The molecule has 0 bridgehead atoms. The maximum Gasteiger partial charge on any atom is 0.407 e. The molecule has 24 heavy (non-hydrogen) atoms. The number of nitrogens with zero attached hydrogens (tertiary/aromatic N) is 4. The normalized spacial score (nSPS) is 14.9.